The maximum Gasteiger partial charge on any atom is 0.256 e. The maximum absolute atomic E-state index is 13.3. The molecule has 2 N–H and O–H groups in total. The van der Waals surface area contributed by atoms with Crippen LogP contribution in [0.4, 0.5) is 4.39 Å². The molecule has 0 aliphatic carbocycles. The number of ether oxygens (including phenoxy) is 1. The van der Waals surface area contributed by atoms with E-state index >= 15 is 0 Å². The van der Waals surface area contributed by atoms with Crippen molar-refractivity contribution in [1.82, 2.24) is 10.6 Å². The zero-order valence-corrected chi connectivity index (χ0v) is 9.57. The lowest BCUT2D eigenvalue weighted by atomic mass is 9.84. The number of rotatable bonds is 0. The predicted octanol–water partition coefficient (Wildman–Crippen LogP) is 0.808. The van der Waals surface area contributed by atoms with Gasteiger partial charge >= 0.3 is 0 Å². The fourth-order valence-corrected chi connectivity index (χ4v) is 2.53. The third kappa shape index (κ3) is 1.40. The van der Waals surface area contributed by atoms with Gasteiger partial charge in [0.1, 0.15) is 11.6 Å². The first-order chi connectivity index (χ1) is 8.12. The number of benzene rings is 1. The first-order valence-electron chi connectivity index (χ1n) is 5.18. The molecule has 3 rings (SSSR count). The Bertz CT molecular complexity index is 534. The van der Waals surface area contributed by atoms with Gasteiger partial charge in [-0.2, -0.15) is 0 Å². The van der Waals surface area contributed by atoms with Gasteiger partial charge in [-0.3, -0.25) is 4.79 Å². The normalized spacial score (nSPS) is 26.2. The molecule has 1 spiro atoms. The highest BCUT2D eigenvalue weighted by Gasteiger charge is 2.49. The summed E-state index contributed by atoms with van der Waals surface area (Å²) in [6.07, 6.45) is 0.426. The van der Waals surface area contributed by atoms with Crippen molar-refractivity contribution in [3.63, 3.8) is 0 Å². The molecule has 4 nitrogen and oxygen atoms in total. The van der Waals surface area contributed by atoms with Gasteiger partial charge in [0.25, 0.3) is 5.91 Å². The van der Waals surface area contributed by atoms with Gasteiger partial charge in [-0.1, -0.05) is 0 Å². The average Bonchev–Trinajstić information content (AvgIpc) is 2.56. The number of carbonyl (C=O) groups excluding carboxylic acids is 1. The van der Waals surface area contributed by atoms with E-state index < -0.39 is 11.4 Å². The van der Waals surface area contributed by atoms with Gasteiger partial charge in [-0.15, -0.1) is 0 Å². The van der Waals surface area contributed by atoms with Crippen LogP contribution in [-0.2, 0) is 10.3 Å². The zero-order valence-electron chi connectivity index (χ0n) is 8.75. The van der Waals surface area contributed by atoms with E-state index in [1.807, 2.05) is 0 Å². The van der Waals surface area contributed by atoms with Gasteiger partial charge in [-0.05, 0) is 30.4 Å². The largest absolute Gasteiger partial charge is 0.493 e. The van der Waals surface area contributed by atoms with E-state index in [0.717, 1.165) is 0 Å². The first kappa shape index (κ1) is 10.5. The Morgan fingerprint density at radius 3 is 3.00 bits per heavy atom. The van der Waals surface area contributed by atoms with Crippen LogP contribution in [0, 0.1) is 5.82 Å². The molecule has 0 aromatic heterocycles. The highest BCUT2D eigenvalue weighted by atomic mass is 32.1. The molecule has 1 atom stereocenters. The van der Waals surface area contributed by atoms with Crippen molar-refractivity contribution >= 4 is 23.2 Å². The van der Waals surface area contributed by atoms with Crippen molar-refractivity contribution in [2.45, 2.75) is 12.0 Å². The number of hydrogen-bond donors (Lipinski definition) is 2. The molecule has 88 valence electrons. The summed E-state index contributed by atoms with van der Waals surface area (Å²) in [5.41, 5.74) is -0.478. The molecular weight excluding hydrogens is 243 g/mol. The van der Waals surface area contributed by atoms with Crippen LogP contribution in [0.2, 0.25) is 0 Å². The predicted molar refractivity (Wildman–Crippen MR) is 62.1 cm³/mol. The second-order valence-corrected chi connectivity index (χ2v) is 4.46. The number of carbonyl (C=O) groups is 1. The van der Waals surface area contributed by atoms with Crippen molar-refractivity contribution in [3.8, 4) is 5.75 Å². The third-order valence-corrected chi connectivity index (χ3v) is 3.28. The molecule has 2 heterocycles. The molecule has 1 saturated heterocycles. The van der Waals surface area contributed by atoms with E-state index in [1.54, 1.807) is 0 Å². The number of fused-ring (bicyclic) bond motifs is 2. The smallest absolute Gasteiger partial charge is 0.256 e. The Kier molecular flexibility index (Phi) is 2.09. The van der Waals surface area contributed by atoms with Crippen molar-refractivity contribution < 1.29 is 13.9 Å². The van der Waals surface area contributed by atoms with Crippen molar-refractivity contribution in [2.24, 2.45) is 0 Å². The van der Waals surface area contributed by atoms with Gasteiger partial charge in [0.15, 0.2) is 10.7 Å². The van der Waals surface area contributed by atoms with Crippen molar-refractivity contribution in [2.75, 3.05) is 6.61 Å². The Labute approximate surface area is 102 Å². The minimum absolute atomic E-state index is 0.252. The summed E-state index contributed by atoms with van der Waals surface area (Å²) in [6.45, 7) is 0.391. The van der Waals surface area contributed by atoms with Crippen LogP contribution in [0.1, 0.15) is 12.0 Å². The van der Waals surface area contributed by atoms with Crippen LogP contribution in [0.25, 0.3) is 0 Å². The zero-order chi connectivity index (χ0) is 12.0. The molecule has 17 heavy (non-hydrogen) atoms. The lowest BCUT2D eigenvalue weighted by molar-refractivity contribution is -0.125. The van der Waals surface area contributed by atoms with Gasteiger partial charge in [-0.25, -0.2) is 4.39 Å². The Balaban J connectivity index is 2.19. The highest BCUT2D eigenvalue weighted by molar-refractivity contribution is 7.80. The fourth-order valence-electron chi connectivity index (χ4n) is 2.27. The van der Waals surface area contributed by atoms with Crippen LogP contribution >= 0.6 is 12.2 Å². The second-order valence-electron chi connectivity index (χ2n) is 4.05. The SMILES string of the molecule is O=C1NC(=S)NC12CCOc1ccc(F)cc12. The van der Waals surface area contributed by atoms with Crippen LogP contribution in [0.5, 0.6) is 5.75 Å². The van der Waals surface area contributed by atoms with E-state index in [1.165, 1.54) is 18.2 Å². The third-order valence-electron chi connectivity index (χ3n) is 3.08. The molecule has 6 heteroatoms. The molecular formula is C11H9FN2O2S. The summed E-state index contributed by atoms with van der Waals surface area (Å²) in [6, 6.07) is 4.15. The van der Waals surface area contributed by atoms with Crippen molar-refractivity contribution in [3.05, 3.63) is 29.6 Å². The van der Waals surface area contributed by atoms with Crippen LogP contribution in [-0.4, -0.2) is 17.6 Å². The molecule has 1 aromatic carbocycles. The van der Waals surface area contributed by atoms with Gasteiger partial charge in [0.05, 0.1) is 6.61 Å². The molecule has 1 amide bonds. The van der Waals surface area contributed by atoms with Gasteiger partial charge < -0.3 is 15.4 Å². The standard InChI is InChI=1S/C11H9FN2O2S/c12-6-1-2-8-7(5-6)11(3-4-16-8)9(15)13-10(17)14-11/h1-2,5H,3-4H2,(H2,13,14,15,17). The molecule has 2 aliphatic rings. The van der Waals surface area contributed by atoms with Crippen LogP contribution in [0.3, 0.4) is 0 Å². The lowest BCUT2D eigenvalue weighted by Gasteiger charge is -2.33. The minimum atomic E-state index is -0.979. The topological polar surface area (TPSA) is 50.4 Å². The first-order valence-corrected chi connectivity index (χ1v) is 5.59. The average molecular weight is 252 g/mol. The summed E-state index contributed by atoms with van der Waals surface area (Å²) in [5, 5.41) is 5.74. The van der Waals surface area contributed by atoms with Crippen LogP contribution < -0.4 is 15.4 Å². The Hall–Kier alpha value is -1.69. The van der Waals surface area contributed by atoms with E-state index in [9.17, 15) is 9.18 Å². The van der Waals surface area contributed by atoms with E-state index in [2.05, 4.69) is 10.6 Å². The number of halogens is 1. The summed E-state index contributed by atoms with van der Waals surface area (Å²) in [7, 11) is 0. The molecule has 1 unspecified atom stereocenters. The van der Waals surface area contributed by atoms with Crippen LogP contribution in [0.15, 0.2) is 18.2 Å². The van der Waals surface area contributed by atoms with Gasteiger partial charge in [0.2, 0.25) is 0 Å². The quantitative estimate of drug-likeness (QED) is 0.671. The summed E-state index contributed by atoms with van der Waals surface area (Å²) < 4.78 is 18.7. The van der Waals surface area contributed by atoms with E-state index in [0.29, 0.717) is 24.3 Å². The van der Waals surface area contributed by atoms with E-state index in [-0.39, 0.29) is 11.0 Å². The van der Waals surface area contributed by atoms with E-state index in [4.69, 9.17) is 17.0 Å². The summed E-state index contributed by atoms with van der Waals surface area (Å²) >= 11 is 4.93. The lowest BCUT2D eigenvalue weighted by Crippen LogP contribution is -2.47. The number of amides is 1. The second kappa shape index (κ2) is 3.40. The summed E-state index contributed by atoms with van der Waals surface area (Å²) in [4.78, 5) is 12.0. The van der Waals surface area contributed by atoms with Crippen molar-refractivity contribution in [1.29, 1.82) is 0 Å². The number of thiocarbonyl (C=S) groups is 1. The molecule has 0 saturated carbocycles. The molecule has 1 fully saturated rings. The Morgan fingerprint density at radius 2 is 2.29 bits per heavy atom. The molecule has 0 radical (unpaired) electrons. The minimum Gasteiger partial charge on any atom is -0.493 e. The molecule has 1 aromatic rings. The van der Waals surface area contributed by atoms with Gasteiger partial charge in [0, 0.05) is 12.0 Å². The molecule has 2 aliphatic heterocycles. The maximum atomic E-state index is 13.3. The number of nitrogens with one attached hydrogen (secondary N) is 2. The Morgan fingerprint density at radius 1 is 1.47 bits per heavy atom. The highest BCUT2D eigenvalue weighted by Crippen LogP contribution is 2.39. The number of hydrogen-bond acceptors (Lipinski definition) is 3. The molecule has 0 bridgehead atoms. The summed E-state index contributed by atoms with van der Waals surface area (Å²) in [5.74, 6) is -0.135. The monoisotopic (exact) mass is 252 g/mol. The fraction of sp³-hybridized carbons (Fsp3) is 0.273.